The van der Waals surface area contributed by atoms with Gasteiger partial charge in [0.15, 0.2) is 0 Å². The predicted octanol–water partition coefficient (Wildman–Crippen LogP) is -1.38. The lowest BCUT2D eigenvalue weighted by Crippen LogP contribution is -2.48. The first kappa shape index (κ1) is 12.8. The van der Waals surface area contributed by atoms with E-state index in [0.29, 0.717) is 13.1 Å². The average Bonchev–Trinajstić information content (AvgIpc) is 2.37. The molecule has 1 aliphatic rings. The summed E-state index contributed by atoms with van der Waals surface area (Å²) in [5.41, 5.74) is -1.28. The molecular weight excluding hydrogens is 260 g/mol. The van der Waals surface area contributed by atoms with Crippen LogP contribution < -0.4 is 16.6 Å². The van der Waals surface area contributed by atoms with Gasteiger partial charge in [-0.1, -0.05) is 11.6 Å². The van der Waals surface area contributed by atoms with Crippen LogP contribution in [0.1, 0.15) is 0 Å². The second kappa shape index (κ2) is 5.36. The SMILES string of the molecule is O=C(Cn1cc(Cl)c(=O)[nH]c1=O)N1CCNCC1. The third kappa shape index (κ3) is 2.80. The molecule has 0 saturated carbocycles. The number of nitrogens with zero attached hydrogens (tertiary/aromatic N) is 2. The van der Waals surface area contributed by atoms with E-state index in [2.05, 4.69) is 10.3 Å². The van der Waals surface area contributed by atoms with E-state index in [0.717, 1.165) is 17.7 Å². The van der Waals surface area contributed by atoms with Crippen molar-refractivity contribution < 1.29 is 4.79 Å². The van der Waals surface area contributed by atoms with Gasteiger partial charge in [0, 0.05) is 32.4 Å². The van der Waals surface area contributed by atoms with Crippen molar-refractivity contribution in [1.29, 1.82) is 0 Å². The topological polar surface area (TPSA) is 87.2 Å². The van der Waals surface area contributed by atoms with Gasteiger partial charge in [0.1, 0.15) is 11.6 Å². The highest BCUT2D eigenvalue weighted by molar-refractivity contribution is 6.30. The number of aromatic nitrogens is 2. The van der Waals surface area contributed by atoms with Crippen LogP contribution in [-0.4, -0.2) is 46.5 Å². The van der Waals surface area contributed by atoms with E-state index >= 15 is 0 Å². The van der Waals surface area contributed by atoms with E-state index in [4.69, 9.17) is 11.6 Å². The molecule has 2 heterocycles. The number of hydrogen-bond donors (Lipinski definition) is 2. The number of rotatable bonds is 2. The zero-order chi connectivity index (χ0) is 13.1. The van der Waals surface area contributed by atoms with Crippen molar-refractivity contribution in [2.75, 3.05) is 26.2 Å². The first-order chi connectivity index (χ1) is 8.58. The smallest absolute Gasteiger partial charge is 0.328 e. The molecule has 0 radical (unpaired) electrons. The fourth-order valence-corrected chi connectivity index (χ4v) is 1.93. The summed E-state index contributed by atoms with van der Waals surface area (Å²) in [5, 5.41) is 3.02. The molecule has 0 bridgehead atoms. The molecule has 18 heavy (non-hydrogen) atoms. The largest absolute Gasteiger partial charge is 0.339 e. The van der Waals surface area contributed by atoms with Gasteiger partial charge in [0.2, 0.25) is 5.91 Å². The third-order valence-corrected chi connectivity index (χ3v) is 3.01. The number of halogens is 1. The Morgan fingerprint density at radius 3 is 2.67 bits per heavy atom. The number of aromatic amines is 1. The molecule has 0 aliphatic carbocycles. The van der Waals surface area contributed by atoms with E-state index in [1.807, 2.05) is 0 Å². The molecule has 8 heteroatoms. The van der Waals surface area contributed by atoms with Gasteiger partial charge in [-0.05, 0) is 0 Å². The molecule has 1 fully saturated rings. The molecule has 2 rings (SSSR count). The zero-order valence-electron chi connectivity index (χ0n) is 9.61. The van der Waals surface area contributed by atoms with Crippen molar-refractivity contribution in [3.8, 4) is 0 Å². The number of carbonyl (C=O) groups excluding carboxylic acids is 1. The van der Waals surface area contributed by atoms with Gasteiger partial charge >= 0.3 is 5.69 Å². The molecule has 1 aliphatic heterocycles. The fourth-order valence-electron chi connectivity index (χ4n) is 1.76. The number of amides is 1. The fraction of sp³-hybridized carbons (Fsp3) is 0.500. The monoisotopic (exact) mass is 272 g/mol. The second-order valence-corrected chi connectivity index (χ2v) is 4.40. The second-order valence-electron chi connectivity index (χ2n) is 4.00. The van der Waals surface area contributed by atoms with Crippen molar-refractivity contribution in [2.24, 2.45) is 0 Å². The summed E-state index contributed by atoms with van der Waals surface area (Å²) in [6.45, 7) is 2.60. The van der Waals surface area contributed by atoms with Crippen molar-refractivity contribution in [2.45, 2.75) is 6.54 Å². The third-order valence-electron chi connectivity index (χ3n) is 2.74. The minimum absolute atomic E-state index is 0.109. The molecule has 7 nitrogen and oxygen atoms in total. The van der Waals surface area contributed by atoms with E-state index in [-0.39, 0.29) is 17.5 Å². The van der Waals surface area contributed by atoms with Gasteiger partial charge in [-0.2, -0.15) is 0 Å². The molecule has 0 spiro atoms. The average molecular weight is 273 g/mol. The van der Waals surface area contributed by atoms with Crippen LogP contribution in [0.2, 0.25) is 5.02 Å². The molecule has 0 atom stereocenters. The summed E-state index contributed by atoms with van der Waals surface area (Å²) >= 11 is 5.62. The maximum atomic E-state index is 11.9. The van der Waals surface area contributed by atoms with Crippen LogP contribution in [0.15, 0.2) is 15.8 Å². The summed E-state index contributed by atoms with van der Waals surface area (Å²) in [6.07, 6.45) is 1.18. The summed E-state index contributed by atoms with van der Waals surface area (Å²) in [7, 11) is 0. The zero-order valence-corrected chi connectivity index (χ0v) is 10.4. The quantitative estimate of drug-likeness (QED) is 0.695. The first-order valence-corrected chi connectivity index (χ1v) is 5.93. The Hall–Kier alpha value is -1.60. The Morgan fingerprint density at radius 1 is 1.33 bits per heavy atom. The lowest BCUT2D eigenvalue weighted by Gasteiger charge is -2.27. The Morgan fingerprint density at radius 2 is 2.00 bits per heavy atom. The lowest BCUT2D eigenvalue weighted by atomic mass is 10.3. The van der Waals surface area contributed by atoms with Gasteiger partial charge in [-0.3, -0.25) is 19.1 Å². The number of hydrogen-bond acceptors (Lipinski definition) is 4. The summed E-state index contributed by atoms with van der Waals surface area (Å²) < 4.78 is 1.11. The highest BCUT2D eigenvalue weighted by atomic mass is 35.5. The van der Waals surface area contributed by atoms with Crippen LogP contribution in [0.25, 0.3) is 0 Å². The van der Waals surface area contributed by atoms with Crippen LogP contribution in [0.4, 0.5) is 0 Å². The van der Waals surface area contributed by atoms with Crippen LogP contribution in [0, 0.1) is 0 Å². The molecule has 1 aromatic heterocycles. The maximum absolute atomic E-state index is 11.9. The van der Waals surface area contributed by atoms with Gasteiger partial charge in [0.25, 0.3) is 5.56 Å². The molecule has 0 unspecified atom stereocenters. The highest BCUT2D eigenvalue weighted by Crippen LogP contribution is 1.98. The summed E-state index contributed by atoms with van der Waals surface area (Å²) in [6, 6.07) is 0. The molecular formula is C10H13ClN4O3. The van der Waals surface area contributed by atoms with Gasteiger partial charge in [-0.25, -0.2) is 4.79 Å². The molecule has 1 amide bonds. The van der Waals surface area contributed by atoms with Crippen molar-refractivity contribution in [3.63, 3.8) is 0 Å². The van der Waals surface area contributed by atoms with Crippen LogP contribution >= 0.6 is 11.6 Å². The highest BCUT2D eigenvalue weighted by Gasteiger charge is 2.17. The first-order valence-electron chi connectivity index (χ1n) is 5.55. The number of piperazine rings is 1. The van der Waals surface area contributed by atoms with Crippen molar-refractivity contribution >= 4 is 17.5 Å². The Kier molecular flexibility index (Phi) is 3.83. The van der Waals surface area contributed by atoms with E-state index in [1.54, 1.807) is 4.90 Å². The standard InChI is InChI=1S/C10H13ClN4O3/c11-7-5-15(10(18)13-9(7)17)6-8(16)14-3-1-12-2-4-14/h5,12H,1-4,6H2,(H,13,17,18). The molecule has 2 N–H and O–H groups in total. The van der Waals surface area contributed by atoms with Gasteiger partial charge in [-0.15, -0.1) is 0 Å². The summed E-state index contributed by atoms with van der Waals surface area (Å²) in [5.74, 6) is -0.165. The minimum atomic E-state index is -0.646. The number of H-pyrrole nitrogens is 1. The molecule has 0 aromatic carbocycles. The van der Waals surface area contributed by atoms with Gasteiger partial charge in [0.05, 0.1) is 0 Å². The normalized spacial score (nSPS) is 15.7. The lowest BCUT2D eigenvalue weighted by molar-refractivity contribution is -0.132. The van der Waals surface area contributed by atoms with Crippen molar-refractivity contribution in [1.82, 2.24) is 19.8 Å². The minimum Gasteiger partial charge on any atom is -0.339 e. The van der Waals surface area contributed by atoms with Crippen LogP contribution in [0.5, 0.6) is 0 Å². The Bertz CT molecular complexity index is 559. The summed E-state index contributed by atoms with van der Waals surface area (Å²) in [4.78, 5) is 38.2. The molecule has 98 valence electrons. The Balaban J connectivity index is 2.13. The van der Waals surface area contributed by atoms with Gasteiger partial charge < -0.3 is 10.2 Å². The van der Waals surface area contributed by atoms with Crippen molar-refractivity contribution in [3.05, 3.63) is 32.1 Å². The van der Waals surface area contributed by atoms with E-state index in [1.165, 1.54) is 6.20 Å². The predicted molar refractivity (Wildman–Crippen MR) is 65.8 cm³/mol. The van der Waals surface area contributed by atoms with E-state index in [9.17, 15) is 14.4 Å². The Labute approximate surface area is 107 Å². The van der Waals surface area contributed by atoms with E-state index < -0.39 is 11.2 Å². The number of carbonyl (C=O) groups is 1. The molecule has 1 aromatic rings. The van der Waals surface area contributed by atoms with Crippen LogP contribution in [-0.2, 0) is 11.3 Å². The maximum Gasteiger partial charge on any atom is 0.328 e. The van der Waals surface area contributed by atoms with Crippen LogP contribution in [0.3, 0.4) is 0 Å². The number of nitrogens with one attached hydrogen (secondary N) is 2. The molecule has 1 saturated heterocycles.